The molecule has 0 radical (unpaired) electrons. The first kappa shape index (κ1) is 22.3. The molecule has 2 amide bonds. The van der Waals surface area contributed by atoms with Gasteiger partial charge in [-0.25, -0.2) is 9.78 Å². The average Bonchev–Trinajstić information content (AvgIpc) is 3.35. The fourth-order valence-electron chi connectivity index (χ4n) is 3.54. The Hall–Kier alpha value is -2.39. The molecule has 2 heterocycles. The third kappa shape index (κ3) is 5.20. The van der Waals surface area contributed by atoms with Crippen LogP contribution < -0.4 is 5.32 Å². The molecule has 1 aromatic carbocycles. The number of carbonyl (C=O) groups is 2. The summed E-state index contributed by atoms with van der Waals surface area (Å²) >= 11 is 3.45. The number of imidazole rings is 1. The molecule has 1 aliphatic heterocycles. The number of aromatic amines is 1. The SMILES string of the molecule is COC(=O)NC(CN1CN(C(C)=O)CC1c1ncc(-c2ccc(Br)cc2)[nH]1)C(C)C. The molecule has 3 rings (SSSR count). The van der Waals surface area contributed by atoms with Crippen molar-refractivity contribution < 1.29 is 14.3 Å². The summed E-state index contributed by atoms with van der Waals surface area (Å²) in [6.45, 7) is 7.28. The van der Waals surface area contributed by atoms with Crippen LogP contribution in [-0.4, -0.2) is 64.7 Å². The number of H-pyrrole nitrogens is 1. The van der Waals surface area contributed by atoms with E-state index in [0.717, 1.165) is 21.6 Å². The first-order valence-electron chi connectivity index (χ1n) is 9.93. The quantitative estimate of drug-likeness (QED) is 0.665. The standard InChI is InChI=1S/C21H28BrN5O3/c1-13(2)18(25-21(29)30-4)10-27-12-26(14(3)28)11-19(27)20-23-9-17(24-20)15-5-7-16(22)8-6-15/h5-9,13,18-19H,10-12H2,1-4H3,(H,23,24)(H,25,29). The molecule has 0 aliphatic carbocycles. The van der Waals surface area contributed by atoms with Crippen LogP contribution >= 0.6 is 15.9 Å². The lowest BCUT2D eigenvalue weighted by molar-refractivity contribution is -0.128. The summed E-state index contributed by atoms with van der Waals surface area (Å²) in [5.41, 5.74) is 1.96. The second kappa shape index (κ2) is 9.61. The van der Waals surface area contributed by atoms with E-state index in [2.05, 4.69) is 36.1 Å². The van der Waals surface area contributed by atoms with Crippen LogP contribution in [0.15, 0.2) is 34.9 Å². The molecule has 2 aromatic rings. The van der Waals surface area contributed by atoms with Crippen molar-refractivity contribution in [2.24, 2.45) is 5.92 Å². The summed E-state index contributed by atoms with van der Waals surface area (Å²) in [7, 11) is 1.36. The lowest BCUT2D eigenvalue weighted by Gasteiger charge is -2.29. The number of nitrogens with one attached hydrogen (secondary N) is 2. The predicted octanol–water partition coefficient (Wildman–Crippen LogP) is 3.38. The normalized spacial score (nSPS) is 17.9. The van der Waals surface area contributed by atoms with Crippen LogP contribution in [-0.2, 0) is 9.53 Å². The number of methoxy groups -OCH3 is 1. The lowest BCUT2D eigenvalue weighted by Crippen LogP contribution is -2.47. The molecule has 2 unspecified atom stereocenters. The predicted molar refractivity (Wildman–Crippen MR) is 118 cm³/mol. The maximum Gasteiger partial charge on any atom is 0.407 e. The number of benzene rings is 1. The van der Waals surface area contributed by atoms with E-state index >= 15 is 0 Å². The van der Waals surface area contributed by atoms with Gasteiger partial charge >= 0.3 is 6.09 Å². The molecule has 1 saturated heterocycles. The minimum atomic E-state index is -0.455. The Bertz CT molecular complexity index is 883. The molecule has 2 atom stereocenters. The second-order valence-corrected chi connectivity index (χ2v) is 8.76. The van der Waals surface area contributed by atoms with Crippen LogP contribution in [0.4, 0.5) is 4.79 Å². The number of alkyl carbamates (subject to hydrolysis) is 1. The molecule has 1 fully saturated rings. The van der Waals surface area contributed by atoms with Gasteiger partial charge in [0.15, 0.2) is 0 Å². The summed E-state index contributed by atoms with van der Waals surface area (Å²) in [6.07, 6.45) is 1.36. The number of hydrogen-bond acceptors (Lipinski definition) is 5. The van der Waals surface area contributed by atoms with Gasteiger partial charge in [-0.2, -0.15) is 0 Å². The van der Waals surface area contributed by atoms with E-state index in [0.29, 0.717) is 19.8 Å². The Morgan fingerprint density at radius 1 is 1.33 bits per heavy atom. The van der Waals surface area contributed by atoms with Crippen molar-refractivity contribution >= 4 is 27.9 Å². The molecular weight excluding hydrogens is 450 g/mol. The lowest BCUT2D eigenvalue weighted by atomic mass is 10.0. The fraction of sp³-hybridized carbons (Fsp3) is 0.476. The topological polar surface area (TPSA) is 90.6 Å². The van der Waals surface area contributed by atoms with Crippen molar-refractivity contribution in [2.75, 3.05) is 26.9 Å². The van der Waals surface area contributed by atoms with Gasteiger partial charge in [0.25, 0.3) is 0 Å². The monoisotopic (exact) mass is 477 g/mol. The third-order valence-corrected chi connectivity index (χ3v) is 5.95. The van der Waals surface area contributed by atoms with Crippen molar-refractivity contribution in [3.05, 3.63) is 40.8 Å². The fourth-order valence-corrected chi connectivity index (χ4v) is 3.80. The van der Waals surface area contributed by atoms with Crippen molar-refractivity contribution in [1.29, 1.82) is 0 Å². The largest absolute Gasteiger partial charge is 0.453 e. The molecule has 0 saturated carbocycles. The van der Waals surface area contributed by atoms with Gasteiger partial charge in [-0.3, -0.25) is 9.69 Å². The maximum absolute atomic E-state index is 12.0. The van der Waals surface area contributed by atoms with E-state index in [9.17, 15) is 9.59 Å². The van der Waals surface area contributed by atoms with Gasteiger partial charge in [0.2, 0.25) is 5.91 Å². The molecule has 2 N–H and O–H groups in total. The molecule has 0 spiro atoms. The average molecular weight is 478 g/mol. The Labute approximate surface area is 185 Å². The van der Waals surface area contributed by atoms with Crippen LogP contribution in [0.1, 0.15) is 32.6 Å². The highest BCUT2D eigenvalue weighted by atomic mass is 79.9. The zero-order valence-corrected chi connectivity index (χ0v) is 19.3. The number of amides is 2. The number of ether oxygens (including phenoxy) is 1. The van der Waals surface area contributed by atoms with E-state index in [-0.39, 0.29) is 23.9 Å². The van der Waals surface area contributed by atoms with Gasteiger partial charge in [-0.1, -0.05) is 41.9 Å². The Morgan fingerprint density at radius 2 is 2.03 bits per heavy atom. The van der Waals surface area contributed by atoms with Gasteiger partial charge in [0.05, 0.1) is 31.7 Å². The smallest absolute Gasteiger partial charge is 0.407 e. The highest BCUT2D eigenvalue weighted by Gasteiger charge is 2.36. The Morgan fingerprint density at radius 3 is 2.63 bits per heavy atom. The Kier molecular flexibility index (Phi) is 7.14. The van der Waals surface area contributed by atoms with Crippen LogP contribution in [0.5, 0.6) is 0 Å². The minimum absolute atomic E-state index is 0.0178. The molecule has 9 heteroatoms. The molecular formula is C21H28BrN5O3. The van der Waals surface area contributed by atoms with Gasteiger partial charge in [0.1, 0.15) is 5.82 Å². The van der Waals surface area contributed by atoms with Crippen molar-refractivity contribution in [3.8, 4) is 11.3 Å². The first-order valence-corrected chi connectivity index (χ1v) is 10.7. The maximum atomic E-state index is 12.0. The van der Waals surface area contributed by atoms with E-state index in [1.165, 1.54) is 7.11 Å². The number of aromatic nitrogens is 2. The molecule has 0 bridgehead atoms. The van der Waals surface area contributed by atoms with Crippen LogP contribution in [0.3, 0.4) is 0 Å². The van der Waals surface area contributed by atoms with E-state index < -0.39 is 6.09 Å². The summed E-state index contributed by atoms with van der Waals surface area (Å²) in [5.74, 6) is 1.02. The summed E-state index contributed by atoms with van der Waals surface area (Å²) < 4.78 is 5.79. The van der Waals surface area contributed by atoms with Crippen molar-refractivity contribution in [3.63, 3.8) is 0 Å². The molecule has 8 nitrogen and oxygen atoms in total. The van der Waals surface area contributed by atoms with Crippen LogP contribution in [0.25, 0.3) is 11.3 Å². The van der Waals surface area contributed by atoms with Gasteiger partial charge in [0, 0.05) is 30.5 Å². The molecule has 1 aliphatic rings. The zero-order chi connectivity index (χ0) is 21.8. The molecule has 162 valence electrons. The van der Waals surface area contributed by atoms with Crippen molar-refractivity contribution in [1.82, 2.24) is 25.1 Å². The number of hydrogen-bond donors (Lipinski definition) is 2. The Balaban J connectivity index is 1.82. The highest BCUT2D eigenvalue weighted by molar-refractivity contribution is 9.10. The van der Waals surface area contributed by atoms with Crippen molar-refractivity contribution in [2.45, 2.75) is 32.9 Å². The van der Waals surface area contributed by atoms with E-state index in [1.807, 2.05) is 44.3 Å². The first-order chi connectivity index (χ1) is 14.3. The molecule has 30 heavy (non-hydrogen) atoms. The van der Waals surface area contributed by atoms with Gasteiger partial charge in [-0.15, -0.1) is 0 Å². The number of carbonyl (C=O) groups excluding carboxylic acids is 2. The second-order valence-electron chi connectivity index (χ2n) is 7.85. The molecule has 1 aromatic heterocycles. The summed E-state index contributed by atoms with van der Waals surface area (Å²) in [4.78, 5) is 35.8. The number of halogens is 1. The number of rotatable bonds is 6. The van der Waals surface area contributed by atoms with Crippen LogP contribution in [0.2, 0.25) is 0 Å². The zero-order valence-electron chi connectivity index (χ0n) is 17.7. The summed E-state index contributed by atoms with van der Waals surface area (Å²) in [6, 6.07) is 7.81. The van der Waals surface area contributed by atoms with E-state index in [1.54, 1.807) is 11.8 Å². The minimum Gasteiger partial charge on any atom is -0.453 e. The van der Waals surface area contributed by atoms with Gasteiger partial charge in [-0.05, 0) is 23.6 Å². The van der Waals surface area contributed by atoms with Gasteiger partial charge < -0.3 is 19.9 Å². The van der Waals surface area contributed by atoms with Crippen LogP contribution in [0, 0.1) is 5.92 Å². The highest BCUT2D eigenvalue weighted by Crippen LogP contribution is 2.29. The van der Waals surface area contributed by atoms with E-state index in [4.69, 9.17) is 4.74 Å². The summed E-state index contributed by atoms with van der Waals surface area (Å²) in [5, 5.41) is 2.90. The third-order valence-electron chi connectivity index (χ3n) is 5.42. The number of nitrogens with zero attached hydrogens (tertiary/aromatic N) is 3.